The van der Waals surface area contributed by atoms with Crippen LogP contribution in [-0.2, 0) is 20.2 Å². The van der Waals surface area contributed by atoms with Crippen LogP contribution in [0, 0.1) is 0 Å². The standard InChI is InChI=1S/C26H30O8S2.2Na/c1-2-3-4-5-6-7-8-9-14-34-22-15-21(27)17-10-12-19-23(35(28,29)30)16-24(36(31,32)33)20-13-11-18(22)25(17)26(19)20;;/h10-13,15-16,27H,2-9,14H2,1H3,(H,28,29,30)(H,31,32,33);;. The zero-order valence-electron chi connectivity index (χ0n) is 22.0. The number of phenols is 1. The first-order valence-electron chi connectivity index (χ1n) is 12.1. The van der Waals surface area contributed by atoms with Crippen LogP contribution in [0.1, 0.15) is 58.3 Å². The molecule has 0 heterocycles. The van der Waals surface area contributed by atoms with Gasteiger partial charge in [-0.25, -0.2) is 0 Å². The summed E-state index contributed by atoms with van der Waals surface area (Å²) >= 11 is 0. The van der Waals surface area contributed by atoms with Gasteiger partial charge in [-0.1, -0.05) is 64.0 Å². The predicted molar refractivity (Wildman–Crippen MR) is 151 cm³/mol. The first-order valence-corrected chi connectivity index (χ1v) is 15.0. The van der Waals surface area contributed by atoms with Crippen molar-refractivity contribution in [3.05, 3.63) is 36.4 Å². The van der Waals surface area contributed by atoms with Gasteiger partial charge in [0.15, 0.2) is 0 Å². The van der Waals surface area contributed by atoms with E-state index in [0.29, 0.717) is 28.5 Å². The van der Waals surface area contributed by atoms with E-state index in [4.69, 9.17) is 4.74 Å². The summed E-state index contributed by atoms with van der Waals surface area (Å²) in [5, 5.41) is 12.3. The first-order chi connectivity index (χ1) is 17.0. The van der Waals surface area contributed by atoms with Gasteiger partial charge >= 0.3 is 0 Å². The van der Waals surface area contributed by atoms with Crippen molar-refractivity contribution in [1.29, 1.82) is 0 Å². The smallest absolute Gasteiger partial charge is 0.295 e. The van der Waals surface area contributed by atoms with Crippen LogP contribution in [0.4, 0.5) is 0 Å². The fourth-order valence-electron chi connectivity index (χ4n) is 4.84. The van der Waals surface area contributed by atoms with E-state index >= 15 is 0 Å². The largest absolute Gasteiger partial charge is 0.507 e. The van der Waals surface area contributed by atoms with E-state index in [1.54, 1.807) is 6.07 Å². The summed E-state index contributed by atoms with van der Waals surface area (Å²) in [6.45, 7) is 2.61. The maximum atomic E-state index is 12.1. The second-order valence-electron chi connectivity index (χ2n) is 9.11. The Balaban J connectivity index is 0.00000253. The van der Waals surface area contributed by atoms with Gasteiger partial charge in [-0.15, -0.1) is 0 Å². The van der Waals surface area contributed by atoms with Crippen molar-refractivity contribution in [3.8, 4) is 11.5 Å². The van der Waals surface area contributed by atoms with E-state index < -0.39 is 30.0 Å². The maximum Gasteiger partial charge on any atom is 0.295 e. The van der Waals surface area contributed by atoms with Gasteiger partial charge in [0, 0.05) is 97.5 Å². The molecule has 3 N–H and O–H groups in total. The summed E-state index contributed by atoms with van der Waals surface area (Å²) < 4.78 is 74.0. The van der Waals surface area contributed by atoms with Crippen molar-refractivity contribution < 1.29 is 35.8 Å². The van der Waals surface area contributed by atoms with E-state index in [-0.39, 0.29) is 81.0 Å². The van der Waals surface area contributed by atoms with Gasteiger partial charge in [0.25, 0.3) is 20.2 Å². The van der Waals surface area contributed by atoms with Crippen LogP contribution in [0.5, 0.6) is 11.5 Å². The number of phenolic OH excluding ortho intramolecular Hbond substituents is 1. The number of aromatic hydroxyl groups is 1. The Morgan fingerprint density at radius 3 is 1.63 bits per heavy atom. The fourth-order valence-corrected chi connectivity index (χ4v) is 6.35. The molecule has 12 heteroatoms. The average Bonchev–Trinajstić information content (AvgIpc) is 2.81. The van der Waals surface area contributed by atoms with Gasteiger partial charge in [0.1, 0.15) is 21.3 Å². The van der Waals surface area contributed by atoms with E-state index in [1.165, 1.54) is 56.4 Å². The Bertz CT molecular complexity index is 1570. The molecule has 0 aliphatic heterocycles. The van der Waals surface area contributed by atoms with Crippen molar-refractivity contribution >= 4 is 112 Å². The summed E-state index contributed by atoms with van der Waals surface area (Å²) in [6.07, 6.45) is 9.12. The SMILES string of the molecule is CCCCCCCCCCOc1cc(O)c2ccc3c(S(=O)(=O)O)cc(S(=O)(=O)O)c4ccc1c2c34.[Na].[Na]. The molecule has 4 aromatic rings. The van der Waals surface area contributed by atoms with Crippen molar-refractivity contribution in [3.63, 3.8) is 0 Å². The quantitative estimate of drug-likeness (QED) is 0.0859. The number of rotatable bonds is 12. The Hall–Kier alpha value is -0.660. The van der Waals surface area contributed by atoms with Gasteiger partial charge in [-0.05, 0) is 24.6 Å². The molecule has 0 saturated heterocycles. The molecule has 196 valence electrons. The summed E-state index contributed by atoms with van der Waals surface area (Å²) in [5.74, 6) is 0.261. The van der Waals surface area contributed by atoms with Gasteiger partial charge in [-0.3, -0.25) is 9.11 Å². The van der Waals surface area contributed by atoms with Crippen molar-refractivity contribution in [2.24, 2.45) is 0 Å². The summed E-state index contributed by atoms with van der Waals surface area (Å²) in [7, 11) is -9.66. The maximum absolute atomic E-state index is 12.1. The molecule has 0 atom stereocenters. The second kappa shape index (κ2) is 13.8. The van der Waals surface area contributed by atoms with E-state index in [0.717, 1.165) is 25.3 Å². The number of ether oxygens (including phenoxy) is 1. The predicted octanol–water partition coefficient (Wildman–Crippen LogP) is 5.54. The number of hydrogen-bond acceptors (Lipinski definition) is 6. The minimum Gasteiger partial charge on any atom is -0.507 e. The molecule has 38 heavy (non-hydrogen) atoms. The van der Waals surface area contributed by atoms with Crippen LogP contribution < -0.4 is 4.74 Å². The third-order valence-corrected chi connectivity index (χ3v) is 8.36. The Morgan fingerprint density at radius 2 is 1.11 bits per heavy atom. The first kappa shape index (κ1) is 33.5. The van der Waals surface area contributed by atoms with E-state index in [9.17, 15) is 31.0 Å². The van der Waals surface area contributed by atoms with Crippen molar-refractivity contribution in [1.82, 2.24) is 0 Å². The molecule has 4 rings (SSSR count). The van der Waals surface area contributed by atoms with Gasteiger partial charge in [0.2, 0.25) is 0 Å². The van der Waals surface area contributed by atoms with Gasteiger partial charge < -0.3 is 9.84 Å². The zero-order chi connectivity index (χ0) is 26.1. The van der Waals surface area contributed by atoms with Gasteiger partial charge in [-0.2, -0.15) is 16.8 Å². The molecule has 0 amide bonds. The molecule has 0 aliphatic rings. The Labute approximate surface area is 267 Å². The summed E-state index contributed by atoms with van der Waals surface area (Å²) in [5.41, 5.74) is 0. The molecule has 4 aromatic carbocycles. The monoisotopic (exact) mass is 580 g/mol. The molecule has 8 nitrogen and oxygen atoms in total. The Morgan fingerprint density at radius 1 is 0.658 bits per heavy atom. The summed E-state index contributed by atoms with van der Waals surface area (Å²) in [6, 6.07) is 8.20. The van der Waals surface area contributed by atoms with Crippen LogP contribution in [0.3, 0.4) is 0 Å². The van der Waals surface area contributed by atoms with Crippen LogP contribution in [0.25, 0.3) is 32.3 Å². The fraction of sp³-hybridized carbons (Fsp3) is 0.385. The molecule has 0 fully saturated rings. The minimum absolute atomic E-state index is 0. The third-order valence-electron chi connectivity index (χ3n) is 6.57. The topological polar surface area (TPSA) is 138 Å². The zero-order valence-corrected chi connectivity index (χ0v) is 27.7. The molecule has 0 aromatic heterocycles. The minimum atomic E-state index is -4.83. The van der Waals surface area contributed by atoms with Crippen LogP contribution in [-0.4, -0.2) is 96.8 Å². The normalized spacial score (nSPS) is 12.1. The van der Waals surface area contributed by atoms with Crippen LogP contribution >= 0.6 is 0 Å². The number of hydrogen-bond donors (Lipinski definition) is 3. The van der Waals surface area contributed by atoms with Crippen molar-refractivity contribution in [2.75, 3.05) is 6.61 Å². The van der Waals surface area contributed by atoms with Crippen molar-refractivity contribution in [2.45, 2.75) is 68.1 Å². The van der Waals surface area contributed by atoms with E-state index in [1.807, 2.05) is 0 Å². The third kappa shape index (κ3) is 7.15. The molecule has 0 aliphatic carbocycles. The second-order valence-corrected chi connectivity index (χ2v) is 11.9. The summed E-state index contributed by atoms with van der Waals surface area (Å²) in [4.78, 5) is -1.30. The molecule has 0 unspecified atom stereocenters. The molecular formula is C26H30Na2O8S2. The number of benzene rings is 4. The molecular weight excluding hydrogens is 550 g/mol. The van der Waals surface area contributed by atoms with E-state index in [2.05, 4.69) is 6.92 Å². The molecule has 2 radical (unpaired) electrons. The molecule has 0 bridgehead atoms. The Kier molecular flexibility index (Phi) is 12.2. The van der Waals surface area contributed by atoms with Crippen LogP contribution in [0.15, 0.2) is 46.2 Å². The molecule has 0 saturated carbocycles. The van der Waals surface area contributed by atoms with Crippen LogP contribution in [0.2, 0.25) is 0 Å². The molecule has 0 spiro atoms. The van der Waals surface area contributed by atoms with Gasteiger partial charge in [0.05, 0.1) is 6.61 Å². The average molecular weight is 581 g/mol. The number of unbranched alkanes of at least 4 members (excludes halogenated alkanes) is 7.